The third-order valence-electron chi connectivity index (χ3n) is 4.26. The number of hydrogen-bond acceptors (Lipinski definition) is 4. The van der Waals surface area contributed by atoms with Gasteiger partial charge in [-0.25, -0.2) is 5.43 Å². The molecule has 0 aliphatic heterocycles. The van der Waals surface area contributed by atoms with E-state index in [0.29, 0.717) is 23.4 Å². The largest absolute Gasteiger partial charge is 0.496 e. The van der Waals surface area contributed by atoms with Gasteiger partial charge in [0, 0.05) is 23.2 Å². The van der Waals surface area contributed by atoms with Crippen LogP contribution < -0.4 is 15.5 Å². The highest BCUT2D eigenvalue weighted by Gasteiger charge is 2.08. The first-order valence-electron chi connectivity index (χ1n) is 8.91. The molecule has 2 amide bonds. The molecule has 3 aromatic rings. The second-order valence-corrected chi connectivity index (χ2v) is 6.08. The highest BCUT2D eigenvalue weighted by Crippen LogP contribution is 2.26. The molecule has 0 spiro atoms. The average Bonchev–Trinajstić information content (AvgIpc) is 2.74. The van der Waals surface area contributed by atoms with Gasteiger partial charge in [-0.2, -0.15) is 5.10 Å². The number of benzene rings is 3. The SMILES string of the molecule is CCC(=O)Nc1ccc(C(=O)N/N=C\c2c(OC)ccc3ccccc23)cc1. The van der Waals surface area contributed by atoms with Crippen molar-refractivity contribution in [3.8, 4) is 5.75 Å². The van der Waals surface area contributed by atoms with Crippen molar-refractivity contribution in [3.05, 3.63) is 71.8 Å². The van der Waals surface area contributed by atoms with Gasteiger partial charge in [-0.15, -0.1) is 0 Å². The number of nitrogens with one attached hydrogen (secondary N) is 2. The van der Waals surface area contributed by atoms with Crippen molar-refractivity contribution in [1.29, 1.82) is 0 Å². The van der Waals surface area contributed by atoms with Gasteiger partial charge in [0.25, 0.3) is 5.91 Å². The number of ether oxygens (including phenoxy) is 1. The molecule has 3 rings (SSSR count). The third kappa shape index (κ3) is 4.35. The zero-order valence-corrected chi connectivity index (χ0v) is 15.7. The van der Waals surface area contributed by atoms with E-state index in [9.17, 15) is 9.59 Å². The zero-order valence-electron chi connectivity index (χ0n) is 15.7. The summed E-state index contributed by atoms with van der Waals surface area (Å²) in [5.74, 6) is 0.252. The summed E-state index contributed by atoms with van der Waals surface area (Å²) in [6, 6.07) is 18.4. The molecule has 0 aromatic heterocycles. The number of amides is 2. The number of carbonyl (C=O) groups excluding carboxylic acids is 2. The Kier molecular flexibility index (Phi) is 6.01. The molecule has 28 heavy (non-hydrogen) atoms. The molecule has 142 valence electrons. The lowest BCUT2D eigenvalue weighted by Gasteiger charge is -2.08. The average molecular weight is 375 g/mol. The van der Waals surface area contributed by atoms with E-state index in [4.69, 9.17) is 4.74 Å². The molecule has 0 saturated carbocycles. The second-order valence-electron chi connectivity index (χ2n) is 6.08. The van der Waals surface area contributed by atoms with Gasteiger partial charge in [0.15, 0.2) is 0 Å². The highest BCUT2D eigenvalue weighted by molar-refractivity contribution is 6.03. The maximum absolute atomic E-state index is 12.3. The van der Waals surface area contributed by atoms with Gasteiger partial charge in [0.05, 0.1) is 13.3 Å². The fourth-order valence-electron chi connectivity index (χ4n) is 2.76. The Morgan fingerprint density at radius 2 is 1.79 bits per heavy atom. The van der Waals surface area contributed by atoms with Crippen LogP contribution in [0.5, 0.6) is 5.75 Å². The van der Waals surface area contributed by atoms with Crippen LogP contribution in [-0.2, 0) is 4.79 Å². The summed E-state index contributed by atoms with van der Waals surface area (Å²) in [4.78, 5) is 23.7. The monoisotopic (exact) mass is 375 g/mol. The summed E-state index contributed by atoms with van der Waals surface area (Å²) in [5.41, 5.74) is 4.40. The molecule has 0 bridgehead atoms. The number of fused-ring (bicyclic) bond motifs is 1. The Labute approximate surface area is 163 Å². The molecule has 6 nitrogen and oxygen atoms in total. The molecule has 0 radical (unpaired) electrons. The predicted molar refractivity (Wildman–Crippen MR) is 111 cm³/mol. The van der Waals surface area contributed by atoms with Crippen LogP contribution in [-0.4, -0.2) is 25.1 Å². The summed E-state index contributed by atoms with van der Waals surface area (Å²) in [5, 5.41) is 8.86. The second kappa shape index (κ2) is 8.81. The van der Waals surface area contributed by atoms with E-state index in [1.165, 1.54) is 0 Å². The molecule has 6 heteroatoms. The van der Waals surface area contributed by atoms with Crippen molar-refractivity contribution in [3.63, 3.8) is 0 Å². The van der Waals surface area contributed by atoms with Crippen molar-refractivity contribution in [2.24, 2.45) is 5.10 Å². The van der Waals surface area contributed by atoms with Crippen molar-refractivity contribution in [2.45, 2.75) is 13.3 Å². The van der Waals surface area contributed by atoms with Crippen LogP contribution in [0.25, 0.3) is 10.8 Å². The number of carbonyl (C=O) groups is 2. The quantitative estimate of drug-likeness (QED) is 0.505. The van der Waals surface area contributed by atoms with Gasteiger partial charge in [-0.05, 0) is 41.1 Å². The summed E-state index contributed by atoms with van der Waals surface area (Å²) < 4.78 is 5.41. The lowest BCUT2D eigenvalue weighted by atomic mass is 10.0. The van der Waals surface area contributed by atoms with Gasteiger partial charge in [0.2, 0.25) is 5.91 Å². The molecular weight excluding hydrogens is 354 g/mol. The Hall–Kier alpha value is -3.67. The van der Waals surface area contributed by atoms with Gasteiger partial charge >= 0.3 is 0 Å². The summed E-state index contributed by atoms with van der Waals surface area (Å²) in [6.45, 7) is 1.78. The molecule has 0 unspecified atom stereocenters. The van der Waals surface area contributed by atoms with E-state index in [0.717, 1.165) is 16.3 Å². The standard InChI is InChI=1S/C22H21N3O3/c1-3-21(26)24-17-11-8-16(9-12-17)22(27)25-23-14-19-18-7-5-4-6-15(18)10-13-20(19)28-2/h4-14H,3H2,1-2H3,(H,24,26)(H,25,27)/b23-14-. The van der Waals surface area contributed by atoms with Crippen LogP contribution in [0.3, 0.4) is 0 Å². The van der Waals surface area contributed by atoms with Crippen molar-refractivity contribution >= 4 is 34.5 Å². The van der Waals surface area contributed by atoms with Gasteiger partial charge < -0.3 is 10.1 Å². The molecule has 3 aromatic carbocycles. The van der Waals surface area contributed by atoms with Crippen LogP contribution in [0.4, 0.5) is 5.69 Å². The summed E-state index contributed by atoms with van der Waals surface area (Å²) in [6.07, 6.45) is 1.98. The Morgan fingerprint density at radius 3 is 2.50 bits per heavy atom. The van der Waals surface area contributed by atoms with E-state index in [1.807, 2.05) is 36.4 Å². The van der Waals surface area contributed by atoms with Crippen molar-refractivity contribution in [2.75, 3.05) is 12.4 Å². The van der Waals surface area contributed by atoms with Crippen LogP contribution in [0, 0.1) is 0 Å². The topological polar surface area (TPSA) is 79.8 Å². The fraction of sp³-hybridized carbons (Fsp3) is 0.136. The van der Waals surface area contributed by atoms with Gasteiger partial charge in [-0.3, -0.25) is 9.59 Å². The smallest absolute Gasteiger partial charge is 0.271 e. The maximum atomic E-state index is 12.3. The minimum atomic E-state index is -0.344. The first-order chi connectivity index (χ1) is 13.6. The zero-order chi connectivity index (χ0) is 19.9. The number of hydrogen-bond donors (Lipinski definition) is 2. The van der Waals surface area contributed by atoms with E-state index < -0.39 is 0 Å². The van der Waals surface area contributed by atoms with Gasteiger partial charge in [0.1, 0.15) is 5.75 Å². The minimum Gasteiger partial charge on any atom is -0.496 e. The molecule has 2 N–H and O–H groups in total. The van der Waals surface area contributed by atoms with Gasteiger partial charge in [-0.1, -0.05) is 37.3 Å². The highest BCUT2D eigenvalue weighted by atomic mass is 16.5. The van der Waals surface area contributed by atoms with Crippen molar-refractivity contribution in [1.82, 2.24) is 5.43 Å². The number of rotatable bonds is 6. The lowest BCUT2D eigenvalue weighted by molar-refractivity contribution is -0.115. The maximum Gasteiger partial charge on any atom is 0.271 e. The summed E-state index contributed by atoms with van der Waals surface area (Å²) in [7, 11) is 1.60. The fourth-order valence-corrected chi connectivity index (χ4v) is 2.76. The Morgan fingerprint density at radius 1 is 1.04 bits per heavy atom. The molecule has 0 heterocycles. The number of methoxy groups -OCH3 is 1. The molecule has 0 aliphatic rings. The van der Waals surface area contributed by atoms with Crippen LogP contribution >= 0.6 is 0 Å². The molecule has 0 aliphatic carbocycles. The lowest BCUT2D eigenvalue weighted by Crippen LogP contribution is -2.17. The third-order valence-corrected chi connectivity index (χ3v) is 4.26. The molecule has 0 atom stereocenters. The first kappa shape index (κ1) is 19.1. The predicted octanol–water partition coefficient (Wildman–Crippen LogP) is 3.96. The van der Waals surface area contributed by atoms with Crippen LogP contribution in [0.1, 0.15) is 29.3 Å². The number of nitrogens with zero attached hydrogens (tertiary/aromatic N) is 1. The van der Waals surface area contributed by atoms with Crippen molar-refractivity contribution < 1.29 is 14.3 Å². The van der Waals surface area contributed by atoms with Crippen LogP contribution in [0.2, 0.25) is 0 Å². The first-order valence-corrected chi connectivity index (χ1v) is 8.91. The van der Waals surface area contributed by atoms with E-state index >= 15 is 0 Å². The number of anilines is 1. The molecule has 0 fully saturated rings. The molecular formula is C22H21N3O3. The van der Waals surface area contributed by atoms with E-state index in [2.05, 4.69) is 15.8 Å². The number of hydrazone groups is 1. The Balaban J connectivity index is 1.73. The molecule has 0 saturated heterocycles. The normalized spacial score (nSPS) is 10.8. The Bertz CT molecular complexity index is 1030. The van der Waals surface area contributed by atoms with Crippen LogP contribution in [0.15, 0.2) is 65.8 Å². The minimum absolute atomic E-state index is 0.0779. The van der Waals surface area contributed by atoms with E-state index in [-0.39, 0.29) is 11.8 Å². The van der Waals surface area contributed by atoms with E-state index in [1.54, 1.807) is 44.5 Å². The summed E-state index contributed by atoms with van der Waals surface area (Å²) >= 11 is 0.